The number of hydrogen-bond donors (Lipinski definition) is 2. The van der Waals surface area contributed by atoms with Crippen molar-refractivity contribution in [3.8, 4) is 0 Å². The second kappa shape index (κ2) is 6.87. The molecule has 5 heteroatoms. The van der Waals surface area contributed by atoms with Crippen LogP contribution in [0.2, 0.25) is 0 Å². The van der Waals surface area contributed by atoms with Gasteiger partial charge in [0.1, 0.15) is 5.82 Å². The first-order chi connectivity index (χ1) is 11.2. The van der Waals surface area contributed by atoms with E-state index < -0.39 is 0 Å². The molecule has 0 saturated carbocycles. The van der Waals surface area contributed by atoms with Crippen molar-refractivity contribution in [1.29, 1.82) is 0 Å². The van der Waals surface area contributed by atoms with Crippen LogP contribution in [0.15, 0.2) is 60.8 Å². The quantitative estimate of drug-likeness (QED) is 0.753. The number of halogens is 1. The van der Waals surface area contributed by atoms with Gasteiger partial charge in [-0.05, 0) is 24.3 Å². The molecule has 0 radical (unpaired) electrons. The molecule has 1 amide bonds. The van der Waals surface area contributed by atoms with E-state index in [0.717, 1.165) is 10.9 Å². The van der Waals surface area contributed by atoms with Crippen LogP contribution in [0.4, 0.5) is 15.8 Å². The van der Waals surface area contributed by atoms with Crippen LogP contribution in [0.3, 0.4) is 0 Å². The molecule has 0 aliphatic carbocycles. The number of rotatable bonds is 5. The predicted octanol–water partition coefficient (Wildman–Crippen LogP) is 3.81. The summed E-state index contributed by atoms with van der Waals surface area (Å²) in [5, 5.41) is 6.73. The van der Waals surface area contributed by atoms with E-state index in [2.05, 4.69) is 15.6 Å². The summed E-state index contributed by atoms with van der Waals surface area (Å²) < 4.78 is 13.5. The van der Waals surface area contributed by atoms with Crippen molar-refractivity contribution in [3.63, 3.8) is 0 Å². The number of para-hydroxylation sites is 2. The normalized spacial score (nSPS) is 10.5. The Morgan fingerprint density at radius 2 is 1.78 bits per heavy atom. The van der Waals surface area contributed by atoms with Crippen LogP contribution in [-0.4, -0.2) is 17.4 Å². The minimum absolute atomic E-state index is 0.146. The van der Waals surface area contributed by atoms with Crippen molar-refractivity contribution in [2.45, 2.75) is 6.42 Å². The molecular formula is C18H16FN3O. The van der Waals surface area contributed by atoms with Gasteiger partial charge in [0, 0.05) is 24.5 Å². The minimum Gasteiger partial charge on any atom is -0.382 e. The number of pyridine rings is 1. The summed E-state index contributed by atoms with van der Waals surface area (Å²) >= 11 is 0. The number of fused-ring (bicyclic) bond motifs is 1. The highest BCUT2D eigenvalue weighted by atomic mass is 19.1. The Bertz CT molecular complexity index is 830. The Kier molecular flexibility index (Phi) is 4.47. The van der Waals surface area contributed by atoms with Gasteiger partial charge in [-0.3, -0.25) is 9.78 Å². The van der Waals surface area contributed by atoms with Crippen LogP contribution in [0.1, 0.15) is 6.42 Å². The van der Waals surface area contributed by atoms with Crippen LogP contribution in [0, 0.1) is 5.82 Å². The average Bonchev–Trinajstić information content (AvgIpc) is 2.57. The van der Waals surface area contributed by atoms with Gasteiger partial charge in [-0.15, -0.1) is 0 Å². The molecule has 3 aromatic rings. The number of nitrogens with one attached hydrogen (secondary N) is 2. The van der Waals surface area contributed by atoms with Crippen LogP contribution in [0.25, 0.3) is 10.9 Å². The van der Waals surface area contributed by atoms with Gasteiger partial charge in [0.15, 0.2) is 0 Å². The van der Waals surface area contributed by atoms with Gasteiger partial charge in [0.25, 0.3) is 0 Å². The van der Waals surface area contributed by atoms with E-state index in [0.29, 0.717) is 17.9 Å². The maximum absolute atomic E-state index is 13.5. The zero-order chi connectivity index (χ0) is 16.1. The van der Waals surface area contributed by atoms with Crippen LogP contribution in [-0.2, 0) is 4.79 Å². The van der Waals surface area contributed by atoms with E-state index in [1.54, 1.807) is 24.4 Å². The topological polar surface area (TPSA) is 54.0 Å². The molecule has 2 N–H and O–H groups in total. The van der Waals surface area contributed by atoms with Crippen molar-refractivity contribution < 1.29 is 9.18 Å². The molecule has 0 fully saturated rings. The van der Waals surface area contributed by atoms with Crippen LogP contribution in [0.5, 0.6) is 0 Å². The SMILES string of the molecule is O=C(CCNc1ccccc1F)Nc1cccc2cccnc12. The molecule has 0 atom stereocenters. The van der Waals surface area contributed by atoms with E-state index in [4.69, 9.17) is 0 Å². The number of aromatic nitrogens is 1. The third-order valence-electron chi connectivity index (χ3n) is 3.45. The van der Waals surface area contributed by atoms with Crippen molar-refractivity contribution in [3.05, 3.63) is 66.6 Å². The van der Waals surface area contributed by atoms with E-state index in [9.17, 15) is 9.18 Å². The van der Waals surface area contributed by atoms with Gasteiger partial charge in [-0.1, -0.05) is 30.3 Å². The van der Waals surface area contributed by atoms with E-state index in [-0.39, 0.29) is 18.1 Å². The Morgan fingerprint density at radius 1 is 1.00 bits per heavy atom. The molecule has 23 heavy (non-hydrogen) atoms. The first-order valence-electron chi connectivity index (χ1n) is 7.36. The Balaban J connectivity index is 1.60. The van der Waals surface area contributed by atoms with E-state index in [1.807, 2.05) is 30.3 Å². The maximum Gasteiger partial charge on any atom is 0.226 e. The molecule has 4 nitrogen and oxygen atoms in total. The number of anilines is 2. The number of amides is 1. The van der Waals surface area contributed by atoms with Gasteiger partial charge in [-0.2, -0.15) is 0 Å². The summed E-state index contributed by atoms with van der Waals surface area (Å²) in [5.74, 6) is -0.474. The molecule has 3 rings (SSSR count). The third kappa shape index (κ3) is 3.63. The van der Waals surface area contributed by atoms with Gasteiger partial charge in [-0.25, -0.2) is 4.39 Å². The molecule has 116 valence electrons. The van der Waals surface area contributed by atoms with Crippen molar-refractivity contribution in [1.82, 2.24) is 4.98 Å². The average molecular weight is 309 g/mol. The van der Waals surface area contributed by atoms with Gasteiger partial charge in [0.05, 0.1) is 16.9 Å². The molecule has 1 aromatic heterocycles. The fourth-order valence-corrected chi connectivity index (χ4v) is 2.33. The summed E-state index contributed by atoms with van der Waals surface area (Å²) in [5.41, 5.74) is 1.83. The lowest BCUT2D eigenvalue weighted by Crippen LogP contribution is -2.16. The van der Waals surface area contributed by atoms with Crippen molar-refractivity contribution in [2.75, 3.05) is 17.2 Å². The van der Waals surface area contributed by atoms with Crippen LogP contribution >= 0.6 is 0 Å². The zero-order valence-corrected chi connectivity index (χ0v) is 12.4. The molecule has 0 bridgehead atoms. The van der Waals surface area contributed by atoms with Crippen molar-refractivity contribution in [2.24, 2.45) is 0 Å². The Hall–Kier alpha value is -2.95. The van der Waals surface area contributed by atoms with Gasteiger partial charge in [0.2, 0.25) is 5.91 Å². The number of benzene rings is 2. The van der Waals surface area contributed by atoms with Gasteiger partial charge < -0.3 is 10.6 Å². The molecule has 0 unspecified atom stereocenters. The number of carbonyl (C=O) groups is 1. The first-order valence-corrected chi connectivity index (χ1v) is 7.36. The Labute approximate surface area is 133 Å². The highest BCUT2D eigenvalue weighted by Gasteiger charge is 2.07. The summed E-state index contributed by atoms with van der Waals surface area (Å²) in [4.78, 5) is 16.4. The largest absolute Gasteiger partial charge is 0.382 e. The number of nitrogens with zero attached hydrogens (tertiary/aromatic N) is 1. The lowest BCUT2D eigenvalue weighted by Gasteiger charge is -2.09. The fraction of sp³-hybridized carbons (Fsp3) is 0.111. The molecule has 0 spiro atoms. The van der Waals surface area contributed by atoms with E-state index >= 15 is 0 Å². The highest BCUT2D eigenvalue weighted by molar-refractivity contribution is 6.00. The second-order valence-corrected chi connectivity index (χ2v) is 5.09. The lowest BCUT2D eigenvalue weighted by molar-refractivity contribution is -0.115. The van der Waals surface area contributed by atoms with E-state index in [1.165, 1.54) is 6.07 Å². The second-order valence-electron chi connectivity index (χ2n) is 5.09. The summed E-state index contributed by atoms with van der Waals surface area (Å²) in [7, 11) is 0. The smallest absolute Gasteiger partial charge is 0.226 e. The Morgan fingerprint density at radius 3 is 2.65 bits per heavy atom. The number of hydrogen-bond acceptors (Lipinski definition) is 3. The highest BCUT2D eigenvalue weighted by Crippen LogP contribution is 2.20. The van der Waals surface area contributed by atoms with Crippen LogP contribution < -0.4 is 10.6 Å². The molecule has 2 aromatic carbocycles. The standard InChI is InChI=1S/C18H16FN3O/c19-14-7-1-2-8-15(14)20-12-10-17(23)22-16-9-3-5-13-6-4-11-21-18(13)16/h1-9,11,20H,10,12H2,(H,22,23). The zero-order valence-electron chi connectivity index (χ0n) is 12.4. The summed E-state index contributed by atoms with van der Waals surface area (Å²) in [6.07, 6.45) is 1.93. The summed E-state index contributed by atoms with van der Waals surface area (Å²) in [6, 6.07) is 15.8. The van der Waals surface area contributed by atoms with Crippen molar-refractivity contribution >= 4 is 28.2 Å². The lowest BCUT2D eigenvalue weighted by atomic mass is 10.2. The molecule has 0 aliphatic rings. The summed E-state index contributed by atoms with van der Waals surface area (Å²) in [6.45, 7) is 0.352. The van der Waals surface area contributed by atoms with Gasteiger partial charge >= 0.3 is 0 Å². The predicted molar refractivity (Wildman–Crippen MR) is 89.9 cm³/mol. The minimum atomic E-state index is -0.328. The molecule has 1 heterocycles. The number of carbonyl (C=O) groups excluding carboxylic acids is 1. The third-order valence-corrected chi connectivity index (χ3v) is 3.45. The molecule has 0 saturated heterocycles. The fourth-order valence-electron chi connectivity index (χ4n) is 2.33. The maximum atomic E-state index is 13.5. The molecular weight excluding hydrogens is 293 g/mol. The monoisotopic (exact) mass is 309 g/mol. The first kappa shape index (κ1) is 15.0. The molecule has 0 aliphatic heterocycles.